The fraction of sp³-hybridized carbons (Fsp3) is 0.372. The third-order valence-corrected chi connectivity index (χ3v) is 11.1. The first-order chi connectivity index (χ1) is 27.1. The minimum absolute atomic E-state index is 0.0383. The van der Waals surface area contributed by atoms with Crippen molar-refractivity contribution in [1.29, 1.82) is 0 Å². The Morgan fingerprint density at radius 3 is 2.35 bits per heavy atom. The molecule has 1 aliphatic heterocycles. The van der Waals surface area contributed by atoms with Gasteiger partial charge in [-0.05, 0) is 76.8 Å². The molecule has 0 radical (unpaired) electrons. The topological polar surface area (TPSA) is 147 Å². The fourth-order valence-corrected chi connectivity index (χ4v) is 8.10. The highest BCUT2D eigenvalue weighted by molar-refractivity contribution is 6.39. The van der Waals surface area contributed by atoms with Gasteiger partial charge in [0.2, 0.25) is 11.8 Å². The van der Waals surface area contributed by atoms with Gasteiger partial charge in [0, 0.05) is 71.8 Å². The number of carbonyl (C=O) groups excluding carboxylic acids is 2. The van der Waals surface area contributed by atoms with E-state index in [1.165, 1.54) is 11.5 Å². The number of methoxy groups -OCH3 is 1. The predicted molar refractivity (Wildman–Crippen MR) is 220 cm³/mol. The normalized spacial score (nSPS) is 19.3. The number of aliphatic hydroxyl groups is 1. The second-order valence-corrected chi connectivity index (χ2v) is 16.8. The van der Waals surface area contributed by atoms with Crippen LogP contribution in [-0.2, 0) is 22.6 Å². The second kappa shape index (κ2) is 16.1. The number of nitrogens with one attached hydrogen (secondary N) is 2. The minimum atomic E-state index is -0.707. The van der Waals surface area contributed by atoms with Crippen LogP contribution in [0.5, 0.6) is 5.88 Å². The van der Waals surface area contributed by atoms with Crippen molar-refractivity contribution in [2.45, 2.75) is 89.8 Å². The molecule has 7 rings (SSSR count). The number of pyridine rings is 2. The summed E-state index contributed by atoms with van der Waals surface area (Å²) >= 11 is 14.3. The average Bonchev–Trinajstić information content (AvgIpc) is 3.57. The van der Waals surface area contributed by atoms with Crippen LogP contribution in [0.1, 0.15) is 64.5 Å². The third-order valence-electron chi connectivity index (χ3n) is 10.3. The number of aromatic nitrogens is 3. The van der Waals surface area contributed by atoms with Gasteiger partial charge in [0.1, 0.15) is 11.2 Å². The molecule has 5 aromatic rings. The summed E-state index contributed by atoms with van der Waals surface area (Å²) in [6, 6.07) is 18.7. The van der Waals surface area contributed by atoms with Crippen LogP contribution in [0.15, 0.2) is 77.9 Å². The van der Waals surface area contributed by atoms with Crippen molar-refractivity contribution in [3.8, 4) is 39.4 Å². The second-order valence-electron chi connectivity index (χ2n) is 16.1. The molecule has 57 heavy (non-hydrogen) atoms. The molecule has 2 fully saturated rings. The maximum atomic E-state index is 13.3. The lowest BCUT2D eigenvalue weighted by Crippen LogP contribution is -2.51. The zero-order chi connectivity index (χ0) is 40.6. The highest BCUT2D eigenvalue weighted by atomic mass is 35.5. The van der Waals surface area contributed by atoms with E-state index in [1.807, 2.05) is 88.4 Å². The molecule has 0 spiro atoms. The zero-order valence-corrected chi connectivity index (χ0v) is 34.1. The van der Waals surface area contributed by atoms with Crippen molar-refractivity contribution < 1.29 is 24.2 Å². The molecule has 0 bridgehead atoms. The first kappa shape index (κ1) is 40.2. The summed E-state index contributed by atoms with van der Waals surface area (Å²) in [6.07, 6.45) is 5.14. The lowest BCUT2D eigenvalue weighted by atomic mass is 9.77. The Kier molecular flexibility index (Phi) is 11.3. The Labute approximate surface area is 341 Å². The van der Waals surface area contributed by atoms with Crippen LogP contribution in [0.4, 0.5) is 4.79 Å². The minimum Gasteiger partial charge on any atom is -0.481 e. The summed E-state index contributed by atoms with van der Waals surface area (Å²) in [7, 11) is 1.52. The lowest BCUT2D eigenvalue weighted by molar-refractivity contribution is -0.119. The number of carbonyl (C=O) groups is 2. The van der Waals surface area contributed by atoms with Crippen molar-refractivity contribution >= 4 is 40.8 Å². The van der Waals surface area contributed by atoms with Gasteiger partial charge >= 0.3 is 6.09 Å². The van der Waals surface area contributed by atoms with Crippen molar-refractivity contribution in [3.05, 3.63) is 105 Å². The van der Waals surface area contributed by atoms with Crippen molar-refractivity contribution in [1.82, 2.24) is 29.9 Å². The molecule has 1 saturated heterocycles. The summed E-state index contributed by atoms with van der Waals surface area (Å²) in [4.78, 5) is 49.5. The molecule has 2 aromatic carbocycles. The van der Waals surface area contributed by atoms with Gasteiger partial charge in [-0.25, -0.2) is 14.8 Å². The van der Waals surface area contributed by atoms with E-state index in [9.17, 15) is 19.5 Å². The van der Waals surface area contributed by atoms with Crippen LogP contribution in [0.25, 0.3) is 39.2 Å². The Morgan fingerprint density at radius 1 is 1.02 bits per heavy atom. The van der Waals surface area contributed by atoms with Gasteiger partial charge in [0.05, 0.1) is 40.6 Å². The van der Waals surface area contributed by atoms with Crippen molar-refractivity contribution in [2.24, 2.45) is 0 Å². The van der Waals surface area contributed by atoms with Gasteiger partial charge < -0.3 is 30.1 Å². The van der Waals surface area contributed by atoms with Crippen LogP contribution in [0, 0.1) is 0 Å². The van der Waals surface area contributed by atoms with E-state index in [4.69, 9.17) is 37.7 Å². The van der Waals surface area contributed by atoms with Gasteiger partial charge in [0.25, 0.3) is 5.56 Å². The number of nitrogens with zero attached hydrogens (tertiary/aromatic N) is 4. The standard InChI is InChI=1S/C43H46Cl2N6O6/c1-42(2,3)57-41(54)50(24-28-13-15-36(52)48-28)23-26-12-14-34(49-39(26)56-5)33-11-7-10-32(38(33)45)31-9-6-8-30(37(31)44)25-16-17-51-35(18-25)47-22-27(40(51)53)21-46-29-19-43(4,55)20-29/h6-12,14,16-18,22,28-29,46,55H,13,15,19-21,23-24H2,1-5H3,(H,48,52)/t28-,29?,43?/m0/s1. The molecule has 4 heterocycles. The van der Waals surface area contributed by atoms with E-state index in [-0.39, 0.29) is 36.6 Å². The molecule has 2 amide bonds. The van der Waals surface area contributed by atoms with Crippen LogP contribution in [-0.4, -0.2) is 73.3 Å². The van der Waals surface area contributed by atoms with Gasteiger partial charge in [-0.2, -0.15) is 0 Å². The highest BCUT2D eigenvalue weighted by Gasteiger charge is 2.38. The average molecular weight is 814 g/mol. The summed E-state index contributed by atoms with van der Waals surface area (Å²) in [5.41, 5.74) is 4.30. The molecular formula is C43H46Cl2N6O6. The summed E-state index contributed by atoms with van der Waals surface area (Å²) < 4.78 is 13.0. The van der Waals surface area contributed by atoms with Gasteiger partial charge in [-0.3, -0.25) is 14.0 Å². The molecule has 3 N–H and O–H groups in total. The number of amides is 2. The summed E-state index contributed by atoms with van der Waals surface area (Å²) in [5, 5.41) is 17.2. The Balaban J connectivity index is 1.14. The lowest BCUT2D eigenvalue weighted by Gasteiger charge is -2.41. The summed E-state index contributed by atoms with van der Waals surface area (Å²) in [6.45, 7) is 8.03. The Morgan fingerprint density at radius 2 is 1.70 bits per heavy atom. The zero-order valence-electron chi connectivity index (χ0n) is 32.6. The van der Waals surface area contributed by atoms with Crippen LogP contribution >= 0.6 is 23.2 Å². The maximum Gasteiger partial charge on any atom is 0.410 e. The molecule has 1 saturated carbocycles. The predicted octanol–water partition coefficient (Wildman–Crippen LogP) is 7.42. The van der Waals surface area contributed by atoms with E-state index < -0.39 is 17.3 Å². The Hall–Kier alpha value is -5.01. The number of hydrogen-bond donors (Lipinski definition) is 3. The molecular weight excluding hydrogens is 767 g/mol. The van der Waals surface area contributed by atoms with E-state index in [1.54, 1.807) is 17.3 Å². The van der Waals surface area contributed by atoms with Crippen molar-refractivity contribution in [2.75, 3.05) is 13.7 Å². The third kappa shape index (κ3) is 8.94. The number of halogens is 2. The Bertz CT molecular complexity index is 2400. The maximum absolute atomic E-state index is 13.3. The molecule has 14 heteroatoms. The molecule has 1 atom stereocenters. The fourth-order valence-electron chi connectivity index (χ4n) is 7.44. The van der Waals surface area contributed by atoms with Crippen LogP contribution in [0.3, 0.4) is 0 Å². The van der Waals surface area contributed by atoms with E-state index in [0.717, 1.165) is 11.1 Å². The first-order valence-electron chi connectivity index (χ1n) is 18.9. The van der Waals surface area contributed by atoms with Gasteiger partial charge in [-0.1, -0.05) is 59.6 Å². The molecule has 298 valence electrons. The SMILES string of the molecule is COc1nc(-c2cccc(-c3cccc(-c4ccn5c(=O)c(CNC6CC(C)(O)C6)cnc5c4)c3Cl)c2Cl)ccc1CN(C[C@@H]1CCC(=O)N1)C(=O)OC(C)(C)C. The smallest absolute Gasteiger partial charge is 0.410 e. The summed E-state index contributed by atoms with van der Waals surface area (Å²) in [5.74, 6) is 0.279. The molecule has 12 nitrogen and oxygen atoms in total. The quantitative estimate of drug-likeness (QED) is 0.124. The number of benzene rings is 2. The number of hydrogen-bond acceptors (Lipinski definition) is 9. The van der Waals surface area contributed by atoms with Crippen molar-refractivity contribution in [3.63, 3.8) is 0 Å². The molecule has 1 aliphatic carbocycles. The monoisotopic (exact) mass is 812 g/mol. The van der Waals surface area contributed by atoms with Crippen LogP contribution < -0.4 is 20.9 Å². The van der Waals surface area contributed by atoms with Gasteiger partial charge in [0.15, 0.2) is 0 Å². The van der Waals surface area contributed by atoms with Crippen LogP contribution in [0.2, 0.25) is 10.0 Å². The van der Waals surface area contributed by atoms with E-state index >= 15 is 0 Å². The van der Waals surface area contributed by atoms with E-state index in [0.29, 0.717) is 87.3 Å². The number of fused-ring (bicyclic) bond motifs is 1. The highest BCUT2D eigenvalue weighted by Crippen LogP contribution is 2.42. The first-order valence-corrected chi connectivity index (χ1v) is 19.7. The van der Waals surface area contributed by atoms with E-state index in [2.05, 4.69) is 15.6 Å². The molecule has 0 unspecified atom stereocenters. The molecule has 3 aromatic heterocycles. The molecule has 2 aliphatic rings. The number of rotatable bonds is 11. The van der Waals surface area contributed by atoms with Gasteiger partial charge in [-0.15, -0.1) is 0 Å². The largest absolute Gasteiger partial charge is 0.481 e. The number of ether oxygens (including phenoxy) is 2.